The Morgan fingerprint density at radius 1 is 1.39 bits per heavy atom. The first kappa shape index (κ1) is 13.0. The molecule has 98 valence electrons. The summed E-state index contributed by atoms with van der Waals surface area (Å²) in [6, 6.07) is 4.39. The van der Waals surface area contributed by atoms with Gasteiger partial charge in [-0.05, 0) is 32.0 Å². The third-order valence-electron chi connectivity index (χ3n) is 2.96. The number of carbonyl (C=O) groups is 1. The van der Waals surface area contributed by atoms with Gasteiger partial charge in [-0.25, -0.2) is 13.2 Å². The highest BCUT2D eigenvalue weighted by Crippen LogP contribution is 2.36. The zero-order valence-corrected chi connectivity index (χ0v) is 11.2. The average Bonchev–Trinajstić information content (AvgIpc) is 2.34. The Bertz CT molecular complexity index is 601. The van der Waals surface area contributed by atoms with Gasteiger partial charge in [0.25, 0.3) is 0 Å². The molecule has 0 radical (unpaired) electrons. The molecule has 0 spiro atoms. The molecule has 6 heteroatoms. The molecule has 0 aliphatic carbocycles. The van der Waals surface area contributed by atoms with Crippen molar-refractivity contribution in [1.29, 1.82) is 0 Å². The summed E-state index contributed by atoms with van der Waals surface area (Å²) in [7, 11) is -2.16. The molecule has 1 aliphatic heterocycles. The number of methoxy groups -OCH3 is 1. The van der Waals surface area contributed by atoms with Crippen LogP contribution >= 0.6 is 0 Å². The number of carbonyl (C=O) groups excluding carboxylic acids is 1. The van der Waals surface area contributed by atoms with Crippen LogP contribution in [0.1, 0.15) is 29.8 Å². The van der Waals surface area contributed by atoms with Gasteiger partial charge in [-0.15, -0.1) is 0 Å². The zero-order valence-electron chi connectivity index (χ0n) is 10.4. The van der Waals surface area contributed by atoms with E-state index in [0.29, 0.717) is 11.1 Å². The first-order valence-corrected chi connectivity index (χ1v) is 7.03. The van der Waals surface area contributed by atoms with Gasteiger partial charge in [0.2, 0.25) is 9.84 Å². The maximum absolute atomic E-state index is 11.9. The molecule has 0 saturated carbocycles. The lowest BCUT2D eigenvalue weighted by atomic mass is 9.96. The van der Waals surface area contributed by atoms with Crippen LogP contribution < -0.4 is 0 Å². The van der Waals surface area contributed by atoms with Crippen molar-refractivity contribution in [2.24, 2.45) is 0 Å². The van der Waals surface area contributed by atoms with Crippen molar-refractivity contribution in [3.8, 4) is 0 Å². The summed E-state index contributed by atoms with van der Waals surface area (Å²) in [5, 5.41) is 0. The first-order valence-electron chi connectivity index (χ1n) is 5.37. The molecule has 0 aromatic heterocycles. The Kier molecular flexibility index (Phi) is 2.95. The van der Waals surface area contributed by atoms with Crippen LogP contribution in [0.15, 0.2) is 23.1 Å². The highest BCUT2D eigenvalue weighted by atomic mass is 32.2. The third-order valence-corrected chi connectivity index (χ3v) is 4.41. The van der Waals surface area contributed by atoms with E-state index >= 15 is 0 Å². The van der Waals surface area contributed by atoms with Gasteiger partial charge in [0.15, 0.2) is 5.94 Å². The number of rotatable bonds is 1. The fourth-order valence-electron chi connectivity index (χ4n) is 1.88. The monoisotopic (exact) mass is 270 g/mol. The Labute approximate surface area is 106 Å². The van der Waals surface area contributed by atoms with E-state index in [9.17, 15) is 13.2 Å². The van der Waals surface area contributed by atoms with Crippen molar-refractivity contribution < 1.29 is 22.7 Å². The lowest BCUT2D eigenvalue weighted by molar-refractivity contribution is -0.00250. The van der Waals surface area contributed by atoms with Gasteiger partial charge >= 0.3 is 5.97 Å². The van der Waals surface area contributed by atoms with Crippen LogP contribution in [0.2, 0.25) is 0 Å². The number of esters is 1. The molecule has 5 nitrogen and oxygen atoms in total. The Balaban J connectivity index is 2.66. The van der Waals surface area contributed by atoms with Crippen LogP contribution in [0, 0.1) is 0 Å². The SMILES string of the molecule is COC(=O)c1ccc2c(c1)C(C)(C)OCS2(=O)=O. The molecule has 1 heterocycles. The Morgan fingerprint density at radius 3 is 2.67 bits per heavy atom. The van der Waals surface area contributed by atoms with E-state index in [0.717, 1.165) is 0 Å². The standard InChI is InChI=1S/C12H14O5S/c1-12(2)9-6-8(11(13)16-3)4-5-10(9)18(14,15)7-17-12/h4-6H,7H2,1-3H3. The van der Waals surface area contributed by atoms with Gasteiger partial charge in [-0.2, -0.15) is 0 Å². The normalized spacial score (nSPS) is 19.9. The summed E-state index contributed by atoms with van der Waals surface area (Å²) >= 11 is 0. The minimum absolute atomic E-state index is 0.214. The van der Waals surface area contributed by atoms with Crippen molar-refractivity contribution in [1.82, 2.24) is 0 Å². The summed E-state index contributed by atoms with van der Waals surface area (Å²) in [5.74, 6) is -0.846. The predicted octanol–water partition coefficient (Wildman–Crippen LogP) is 1.47. The van der Waals surface area contributed by atoms with E-state index in [-0.39, 0.29) is 10.8 Å². The fourth-order valence-corrected chi connectivity index (χ4v) is 3.37. The van der Waals surface area contributed by atoms with E-state index < -0.39 is 21.4 Å². The van der Waals surface area contributed by atoms with Gasteiger partial charge in [0.05, 0.1) is 23.2 Å². The van der Waals surface area contributed by atoms with Crippen molar-refractivity contribution in [2.45, 2.75) is 24.3 Å². The molecule has 0 unspecified atom stereocenters. The number of hydrogen-bond acceptors (Lipinski definition) is 5. The molecule has 2 rings (SSSR count). The summed E-state index contributed by atoms with van der Waals surface area (Å²) in [5.41, 5.74) is 0.0479. The van der Waals surface area contributed by atoms with Crippen LogP contribution in [0.25, 0.3) is 0 Å². The predicted molar refractivity (Wildman–Crippen MR) is 63.9 cm³/mol. The molecule has 0 amide bonds. The maximum atomic E-state index is 11.9. The minimum atomic E-state index is -3.44. The fraction of sp³-hybridized carbons (Fsp3) is 0.417. The smallest absolute Gasteiger partial charge is 0.337 e. The second-order valence-electron chi connectivity index (χ2n) is 4.59. The molecule has 1 aromatic carbocycles. The summed E-state index contributed by atoms with van der Waals surface area (Å²) in [6.07, 6.45) is 0. The van der Waals surface area contributed by atoms with Gasteiger partial charge in [-0.3, -0.25) is 0 Å². The number of fused-ring (bicyclic) bond motifs is 1. The Morgan fingerprint density at radius 2 is 2.06 bits per heavy atom. The average molecular weight is 270 g/mol. The summed E-state index contributed by atoms with van der Waals surface area (Å²) in [4.78, 5) is 11.7. The second-order valence-corrected chi connectivity index (χ2v) is 6.49. The highest BCUT2D eigenvalue weighted by molar-refractivity contribution is 7.91. The van der Waals surface area contributed by atoms with Crippen molar-refractivity contribution >= 4 is 15.8 Å². The molecule has 0 saturated heterocycles. The number of sulfone groups is 1. The molecular formula is C12H14O5S. The minimum Gasteiger partial charge on any atom is -0.465 e. The topological polar surface area (TPSA) is 69.7 Å². The molecule has 0 fully saturated rings. The lowest BCUT2D eigenvalue weighted by Crippen LogP contribution is -2.33. The van der Waals surface area contributed by atoms with E-state index in [1.54, 1.807) is 13.8 Å². The molecule has 1 aliphatic rings. The zero-order chi connectivity index (χ0) is 13.6. The van der Waals surface area contributed by atoms with Crippen LogP contribution in [-0.2, 0) is 24.9 Å². The second kappa shape index (κ2) is 4.07. The highest BCUT2D eigenvalue weighted by Gasteiger charge is 2.36. The molecule has 18 heavy (non-hydrogen) atoms. The van der Waals surface area contributed by atoms with Crippen molar-refractivity contribution in [2.75, 3.05) is 13.0 Å². The van der Waals surface area contributed by atoms with Crippen molar-refractivity contribution in [3.05, 3.63) is 29.3 Å². The van der Waals surface area contributed by atoms with Crippen LogP contribution in [0.4, 0.5) is 0 Å². The van der Waals surface area contributed by atoms with Gasteiger partial charge < -0.3 is 9.47 Å². The van der Waals surface area contributed by atoms with E-state index in [1.165, 1.54) is 25.3 Å². The van der Waals surface area contributed by atoms with E-state index in [4.69, 9.17) is 4.74 Å². The molecule has 0 bridgehead atoms. The molecule has 0 N–H and O–H groups in total. The maximum Gasteiger partial charge on any atom is 0.337 e. The van der Waals surface area contributed by atoms with Crippen LogP contribution in [0.3, 0.4) is 0 Å². The van der Waals surface area contributed by atoms with Crippen LogP contribution in [0.5, 0.6) is 0 Å². The van der Waals surface area contributed by atoms with Crippen molar-refractivity contribution in [3.63, 3.8) is 0 Å². The Hall–Kier alpha value is -1.40. The number of hydrogen-bond donors (Lipinski definition) is 0. The first-order chi connectivity index (χ1) is 8.28. The summed E-state index contributed by atoms with van der Waals surface area (Å²) < 4.78 is 33.7. The molecule has 1 aromatic rings. The van der Waals surface area contributed by atoms with E-state index in [1.807, 2.05) is 0 Å². The third kappa shape index (κ3) is 2.02. The van der Waals surface area contributed by atoms with Gasteiger partial charge in [0, 0.05) is 5.56 Å². The summed E-state index contributed by atoms with van der Waals surface area (Å²) in [6.45, 7) is 3.53. The van der Waals surface area contributed by atoms with Gasteiger partial charge in [0.1, 0.15) is 0 Å². The molecule has 0 atom stereocenters. The lowest BCUT2D eigenvalue weighted by Gasteiger charge is -2.32. The van der Waals surface area contributed by atoms with Crippen LogP contribution in [-0.4, -0.2) is 27.4 Å². The number of benzene rings is 1. The van der Waals surface area contributed by atoms with E-state index in [2.05, 4.69) is 4.74 Å². The van der Waals surface area contributed by atoms with Gasteiger partial charge in [-0.1, -0.05) is 0 Å². The largest absolute Gasteiger partial charge is 0.465 e. The number of ether oxygens (including phenoxy) is 2. The molecular weight excluding hydrogens is 256 g/mol. The quantitative estimate of drug-likeness (QED) is 0.723.